The summed E-state index contributed by atoms with van der Waals surface area (Å²) in [4.78, 5) is 0. The molecule has 1 atom stereocenters. The van der Waals surface area contributed by atoms with Gasteiger partial charge >= 0.3 is 0 Å². The molecule has 0 radical (unpaired) electrons. The molecule has 1 unspecified atom stereocenters. The van der Waals surface area contributed by atoms with Crippen LogP contribution in [0, 0.1) is 0 Å². The first-order chi connectivity index (χ1) is 7.72. The van der Waals surface area contributed by atoms with Gasteiger partial charge in [0.2, 0.25) is 0 Å². The van der Waals surface area contributed by atoms with E-state index in [4.69, 9.17) is 9.15 Å². The zero-order valence-electron chi connectivity index (χ0n) is 9.91. The summed E-state index contributed by atoms with van der Waals surface area (Å²) >= 11 is 0. The van der Waals surface area contributed by atoms with Gasteiger partial charge in [0.1, 0.15) is 17.1 Å². The zero-order chi connectivity index (χ0) is 11.5. The Kier molecular flexibility index (Phi) is 3.15. The minimum atomic E-state index is 0.419. The minimum Gasteiger partial charge on any atom is -0.497 e. The summed E-state index contributed by atoms with van der Waals surface area (Å²) in [5.74, 6) is 1.83. The molecule has 0 aliphatic carbocycles. The van der Waals surface area contributed by atoms with Crippen molar-refractivity contribution < 1.29 is 9.15 Å². The molecule has 0 saturated carbocycles. The predicted octanol–water partition coefficient (Wildman–Crippen LogP) is 2.59. The normalized spacial score (nSPS) is 12.9. The van der Waals surface area contributed by atoms with E-state index in [1.807, 2.05) is 25.2 Å². The minimum absolute atomic E-state index is 0.419. The van der Waals surface area contributed by atoms with E-state index in [2.05, 4.69) is 18.3 Å². The van der Waals surface area contributed by atoms with Gasteiger partial charge < -0.3 is 14.5 Å². The highest BCUT2D eigenvalue weighted by atomic mass is 16.5. The lowest BCUT2D eigenvalue weighted by Gasteiger charge is -2.06. The quantitative estimate of drug-likeness (QED) is 0.858. The second kappa shape index (κ2) is 4.58. The molecule has 0 spiro atoms. The first-order valence-electron chi connectivity index (χ1n) is 5.46. The first-order valence-corrected chi connectivity index (χ1v) is 5.46. The molecule has 1 aromatic carbocycles. The van der Waals surface area contributed by atoms with E-state index >= 15 is 0 Å². The Hall–Kier alpha value is -1.48. The molecule has 2 aromatic rings. The molecule has 0 aliphatic heterocycles. The number of hydrogen-bond acceptors (Lipinski definition) is 3. The van der Waals surface area contributed by atoms with Crippen molar-refractivity contribution in [2.45, 2.75) is 19.4 Å². The summed E-state index contributed by atoms with van der Waals surface area (Å²) in [6.07, 6.45) is 0.896. The lowest BCUT2D eigenvalue weighted by Crippen LogP contribution is -2.23. The number of nitrogens with one attached hydrogen (secondary N) is 1. The maximum absolute atomic E-state index is 5.76. The van der Waals surface area contributed by atoms with Crippen LogP contribution >= 0.6 is 0 Å². The fourth-order valence-electron chi connectivity index (χ4n) is 1.70. The van der Waals surface area contributed by atoms with Gasteiger partial charge in [-0.2, -0.15) is 0 Å². The summed E-state index contributed by atoms with van der Waals surface area (Å²) in [5, 5.41) is 4.32. The number of benzene rings is 1. The van der Waals surface area contributed by atoms with Gasteiger partial charge in [-0.15, -0.1) is 0 Å². The van der Waals surface area contributed by atoms with E-state index in [1.54, 1.807) is 7.11 Å². The number of fused-ring (bicyclic) bond motifs is 1. The van der Waals surface area contributed by atoms with Crippen molar-refractivity contribution in [1.29, 1.82) is 0 Å². The fourth-order valence-corrected chi connectivity index (χ4v) is 1.70. The highest BCUT2D eigenvalue weighted by Gasteiger charge is 2.07. The molecular formula is C13H17NO2. The number of hydrogen-bond donors (Lipinski definition) is 1. The Morgan fingerprint density at radius 3 is 2.88 bits per heavy atom. The fraction of sp³-hybridized carbons (Fsp3) is 0.385. The average Bonchev–Trinajstić information content (AvgIpc) is 2.69. The largest absolute Gasteiger partial charge is 0.497 e. The number of rotatable bonds is 4. The van der Waals surface area contributed by atoms with Crippen molar-refractivity contribution in [3.05, 3.63) is 30.0 Å². The van der Waals surface area contributed by atoms with Crippen LogP contribution in [0.2, 0.25) is 0 Å². The number of furan rings is 1. The molecule has 0 saturated heterocycles. The highest BCUT2D eigenvalue weighted by molar-refractivity contribution is 5.79. The molecule has 86 valence electrons. The van der Waals surface area contributed by atoms with Crippen LogP contribution < -0.4 is 10.1 Å². The van der Waals surface area contributed by atoms with Crippen LogP contribution in [0.4, 0.5) is 0 Å². The Balaban J connectivity index is 2.29. The Labute approximate surface area is 95.4 Å². The van der Waals surface area contributed by atoms with Gasteiger partial charge in [-0.1, -0.05) is 0 Å². The van der Waals surface area contributed by atoms with Crippen LogP contribution in [0.3, 0.4) is 0 Å². The molecule has 3 heteroatoms. The number of methoxy groups -OCH3 is 1. The van der Waals surface area contributed by atoms with Crippen molar-refractivity contribution >= 4 is 11.0 Å². The SMILES string of the molecule is CNC(C)Cc1cc2ccc(OC)cc2o1. The summed E-state index contributed by atoms with van der Waals surface area (Å²) in [5.41, 5.74) is 0.887. The smallest absolute Gasteiger partial charge is 0.137 e. The Morgan fingerprint density at radius 2 is 2.19 bits per heavy atom. The number of likely N-dealkylation sites (N-methyl/N-ethyl adjacent to an activating group) is 1. The third-order valence-electron chi connectivity index (χ3n) is 2.78. The van der Waals surface area contributed by atoms with Crippen LogP contribution in [0.5, 0.6) is 5.75 Å². The highest BCUT2D eigenvalue weighted by Crippen LogP contribution is 2.24. The van der Waals surface area contributed by atoms with Crippen molar-refractivity contribution in [2.75, 3.05) is 14.2 Å². The van der Waals surface area contributed by atoms with Gasteiger partial charge in [0, 0.05) is 23.9 Å². The molecule has 1 aromatic heterocycles. The monoisotopic (exact) mass is 219 g/mol. The maximum Gasteiger partial charge on any atom is 0.137 e. The van der Waals surface area contributed by atoms with E-state index in [-0.39, 0.29) is 0 Å². The zero-order valence-corrected chi connectivity index (χ0v) is 9.91. The van der Waals surface area contributed by atoms with E-state index < -0.39 is 0 Å². The molecular weight excluding hydrogens is 202 g/mol. The number of ether oxygens (including phenoxy) is 1. The van der Waals surface area contributed by atoms with Gasteiger partial charge in [-0.3, -0.25) is 0 Å². The summed E-state index contributed by atoms with van der Waals surface area (Å²) in [6, 6.07) is 8.39. The van der Waals surface area contributed by atoms with Gasteiger partial charge in [0.25, 0.3) is 0 Å². The van der Waals surface area contributed by atoms with Crippen LogP contribution in [0.1, 0.15) is 12.7 Å². The van der Waals surface area contributed by atoms with Crippen molar-refractivity contribution in [2.24, 2.45) is 0 Å². The lowest BCUT2D eigenvalue weighted by atomic mass is 10.2. The standard InChI is InChI=1S/C13H17NO2/c1-9(14-2)6-12-7-10-4-5-11(15-3)8-13(10)16-12/h4-5,7-9,14H,6H2,1-3H3. The topological polar surface area (TPSA) is 34.4 Å². The van der Waals surface area contributed by atoms with Gasteiger partial charge in [0.05, 0.1) is 7.11 Å². The van der Waals surface area contributed by atoms with Gasteiger partial charge in [0.15, 0.2) is 0 Å². The van der Waals surface area contributed by atoms with E-state index in [0.717, 1.165) is 28.9 Å². The average molecular weight is 219 g/mol. The molecule has 16 heavy (non-hydrogen) atoms. The Bertz CT molecular complexity index is 476. The third kappa shape index (κ3) is 2.19. The molecule has 3 nitrogen and oxygen atoms in total. The maximum atomic E-state index is 5.76. The van der Waals surface area contributed by atoms with Crippen molar-refractivity contribution in [1.82, 2.24) is 5.32 Å². The molecule has 2 rings (SSSR count). The second-order valence-corrected chi connectivity index (χ2v) is 4.01. The van der Waals surface area contributed by atoms with Gasteiger partial charge in [-0.05, 0) is 32.2 Å². The molecule has 0 aliphatic rings. The van der Waals surface area contributed by atoms with Gasteiger partial charge in [-0.25, -0.2) is 0 Å². The van der Waals surface area contributed by atoms with Crippen molar-refractivity contribution in [3.8, 4) is 5.75 Å². The van der Waals surface area contributed by atoms with Crippen molar-refractivity contribution in [3.63, 3.8) is 0 Å². The molecule has 0 amide bonds. The molecule has 1 N–H and O–H groups in total. The third-order valence-corrected chi connectivity index (χ3v) is 2.78. The summed E-state index contributed by atoms with van der Waals surface area (Å²) < 4.78 is 10.9. The molecule has 0 bridgehead atoms. The molecule has 0 fully saturated rings. The summed E-state index contributed by atoms with van der Waals surface area (Å²) in [7, 11) is 3.62. The lowest BCUT2D eigenvalue weighted by molar-refractivity contribution is 0.414. The van der Waals surface area contributed by atoms with Crippen LogP contribution in [0.15, 0.2) is 28.7 Å². The molecule has 1 heterocycles. The predicted molar refractivity (Wildman–Crippen MR) is 65.0 cm³/mol. The second-order valence-electron chi connectivity index (χ2n) is 4.01. The van der Waals surface area contributed by atoms with Crippen LogP contribution in [-0.2, 0) is 6.42 Å². The summed E-state index contributed by atoms with van der Waals surface area (Å²) in [6.45, 7) is 2.13. The van der Waals surface area contributed by atoms with Crippen LogP contribution in [-0.4, -0.2) is 20.2 Å². The van der Waals surface area contributed by atoms with E-state index in [0.29, 0.717) is 6.04 Å². The first kappa shape index (κ1) is 11.0. The Morgan fingerprint density at radius 1 is 1.38 bits per heavy atom. The van der Waals surface area contributed by atoms with Crippen LogP contribution in [0.25, 0.3) is 11.0 Å². The van der Waals surface area contributed by atoms with E-state index in [9.17, 15) is 0 Å². The van der Waals surface area contributed by atoms with E-state index in [1.165, 1.54) is 0 Å².